The number of carbonyl (C=O) groups is 2. The molecule has 0 aliphatic carbocycles. The number of nitro benzene ring substituents is 1. The molecule has 2 aromatic carbocycles. The van der Waals surface area contributed by atoms with Gasteiger partial charge in [0.1, 0.15) is 5.75 Å². The Morgan fingerprint density at radius 1 is 1.19 bits per heavy atom. The number of thioether (sulfide) groups is 1. The first-order chi connectivity index (χ1) is 14.7. The molecule has 0 aromatic heterocycles. The number of hydrogen-bond donors (Lipinski definition) is 1. The predicted molar refractivity (Wildman–Crippen MR) is 123 cm³/mol. The number of rotatable bonds is 6. The van der Waals surface area contributed by atoms with E-state index in [1.54, 1.807) is 0 Å². The Morgan fingerprint density at radius 2 is 1.84 bits per heavy atom. The van der Waals surface area contributed by atoms with Gasteiger partial charge in [0, 0.05) is 18.2 Å². The van der Waals surface area contributed by atoms with Crippen LogP contribution >= 0.6 is 58.8 Å². The van der Waals surface area contributed by atoms with Crippen LogP contribution in [0.25, 0.3) is 6.08 Å². The van der Waals surface area contributed by atoms with Crippen molar-refractivity contribution in [3.8, 4) is 5.75 Å². The normalized spacial score (nSPS) is 14.8. The number of halogens is 3. The van der Waals surface area contributed by atoms with E-state index in [2.05, 4.69) is 5.43 Å². The van der Waals surface area contributed by atoms with E-state index in [-0.39, 0.29) is 35.7 Å². The Morgan fingerprint density at radius 3 is 2.48 bits per heavy atom. The highest BCUT2D eigenvalue weighted by Gasteiger charge is 2.33. The number of benzene rings is 2. The summed E-state index contributed by atoms with van der Waals surface area (Å²) in [6, 6.07) is 8.38. The third-order valence-electron chi connectivity index (χ3n) is 3.77. The minimum Gasteiger partial charge on any atom is -0.482 e. The molecule has 1 saturated heterocycles. The van der Waals surface area contributed by atoms with Gasteiger partial charge in [-0.3, -0.25) is 25.1 Å². The number of nitro groups is 1. The molecule has 0 atom stereocenters. The zero-order chi connectivity index (χ0) is 22.7. The number of nitrogens with one attached hydrogen (secondary N) is 1. The first kappa shape index (κ1) is 23.3. The SMILES string of the molecule is O=C(COc1cc(Cl)c(Cl)cc1Cl)NN1C(=O)/C(=C/c2ccc([N+](=O)[O-])cc2)SC1=S. The highest BCUT2D eigenvalue weighted by molar-refractivity contribution is 8.26. The van der Waals surface area contributed by atoms with Gasteiger partial charge >= 0.3 is 0 Å². The Bertz CT molecular complexity index is 1130. The molecule has 0 radical (unpaired) electrons. The summed E-state index contributed by atoms with van der Waals surface area (Å²) in [5.41, 5.74) is 2.85. The summed E-state index contributed by atoms with van der Waals surface area (Å²) >= 11 is 23.9. The van der Waals surface area contributed by atoms with E-state index in [0.717, 1.165) is 16.8 Å². The molecule has 3 rings (SSSR count). The summed E-state index contributed by atoms with van der Waals surface area (Å²) in [5.74, 6) is -1.06. The van der Waals surface area contributed by atoms with Crippen molar-refractivity contribution in [2.24, 2.45) is 0 Å². The zero-order valence-corrected chi connectivity index (χ0v) is 19.0. The summed E-state index contributed by atoms with van der Waals surface area (Å²) in [7, 11) is 0. The van der Waals surface area contributed by atoms with Gasteiger partial charge in [-0.15, -0.1) is 0 Å². The van der Waals surface area contributed by atoms with Gasteiger partial charge in [-0.05, 0) is 42.1 Å². The van der Waals surface area contributed by atoms with Crippen LogP contribution in [-0.4, -0.2) is 32.7 Å². The standard InChI is InChI=1S/C18H10Cl3N3O5S2/c19-11-6-13(21)14(7-12(11)20)29-8-16(25)22-23-17(26)15(31-18(23)30)5-9-1-3-10(4-2-9)24(27)28/h1-7H,8H2,(H,22,25)/b15-5-. The third-order valence-corrected chi connectivity index (χ3v) is 6.09. The lowest BCUT2D eigenvalue weighted by Crippen LogP contribution is -2.46. The minimum absolute atomic E-state index is 0.0703. The lowest BCUT2D eigenvalue weighted by Gasteiger charge is -2.16. The molecule has 1 fully saturated rings. The summed E-state index contributed by atoms with van der Waals surface area (Å²) in [6.07, 6.45) is 1.52. The second-order valence-electron chi connectivity index (χ2n) is 5.89. The fourth-order valence-electron chi connectivity index (χ4n) is 2.32. The molecule has 0 spiro atoms. The molecule has 31 heavy (non-hydrogen) atoms. The van der Waals surface area contributed by atoms with E-state index in [4.69, 9.17) is 51.8 Å². The van der Waals surface area contributed by atoms with Crippen LogP contribution in [0.1, 0.15) is 5.56 Å². The molecule has 1 N–H and O–H groups in total. The highest BCUT2D eigenvalue weighted by Crippen LogP contribution is 2.34. The summed E-state index contributed by atoms with van der Waals surface area (Å²) < 4.78 is 5.43. The molecular formula is C18H10Cl3N3O5S2. The van der Waals surface area contributed by atoms with Gasteiger partial charge in [0.2, 0.25) is 0 Å². The average molecular weight is 519 g/mol. The van der Waals surface area contributed by atoms with Gasteiger partial charge in [0.15, 0.2) is 10.9 Å². The number of amides is 2. The second kappa shape index (κ2) is 9.84. The Hall–Kier alpha value is -2.37. The predicted octanol–water partition coefficient (Wildman–Crippen LogP) is 4.87. The van der Waals surface area contributed by atoms with Crippen molar-refractivity contribution in [1.29, 1.82) is 0 Å². The lowest BCUT2D eigenvalue weighted by molar-refractivity contribution is -0.384. The van der Waals surface area contributed by atoms with Crippen molar-refractivity contribution in [3.63, 3.8) is 0 Å². The molecule has 0 bridgehead atoms. The van der Waals surface area contributed by atoms with Gasteiger partial charge in [-0.25, -0.2) is 0 Å². The van der Waals surface area contributed by atoms with Gasteiger partial charge in [-0.1, -0.05) is 46.6 Å². The van der Waals surface area contributed by atoms with Crippen LogP contribution in [0.5, 0.6) is 5.75 Å². The number of hydrazine groups is 1. The molecular weight excluding hydrogens is 509 g/mol. The number of non-ortho nitro benzene ring substituents is 1. The van der Waals surface area contributed by atoms with E-state index < -0.39 is 23.3 Å². The Balaban J connectivity index is 1.63. The molecule has 0 saturated carbocycles. The van der Waals surface area contributed by atoms with E-state index in [1.807, 2.05) is 0 Å². The molecule has 1 aliphatic heterocycles. The maximum atomic E-state index is 12.6. The monoisotopic (exact) mass is 517 g/mol. The Labute approximate surface area is 200 Å². The molecule has 1 aliphatic rings. The van der Waals surface area contributed by atoms with E-state index in [0.29, 0.717) is 5.56 Å². The Kier molecular flexibility index (Phi) is 7.39. The van der Waals surface area contributed by atoms with Crippen LogP contribution in [0.15, 0.2) is 41.3 Å². The number of thiocarbonyl (C=S) groups is 1. The molecule has 160 valence electrons. The van der Waals surface area contributed by atoms with Gasteiger partial charge < -0.3 is 4.74 Å². The fourth-order valence-corrected chi connectivity index (χ4v) is 4.09. The largest absolute Gasteiger partial charge is 0.482 e. The van der Waals surface area contributed by atoms with Crippen molar-refractivity contribution in [3.05, 3.63) is 72.0 Å². The number of nitrogens with zero attached hydrogens (tertiary/aromatic N) is 2. The number of carbonyl (C=O) groups excluding carboxylic acids is 2. The maximum absolute atomic E-state index is 12.6. The minimum atomic E-state index is -0.657. The number of hydrogen-bond acceptors (Lipinski definition) is 7. The van der Waals surface area contributed by atoms with E-state index in [9.17, 15) is 19.7 Å². The van der Waals surface area contributed by atoms with Crippen LogP contribution in [-0.2, 0) is 9.59 Å². The van der Waals surface area contributed by atoms with Gasteiger partial charge in [0.25, 0.3) is 17.5 Å². The molecule has 2 amide bonds. The van der Waals surface area contributed by atoms with Crippen LogP contribution in [0.4, 0.5) is 5.69 Å². The quantitative estimate of drug-likeness (QED) is 0.191. The lowest BCUT2D eigenvalue weighted by atomic mass is 10.2. The van der Waals surface area contributed by atoms with Crippen LogP contribution in [0.3, 0.4) is 0 Å². The average Bonchev–Trinajstić information content (AvgIpc) is 2.97. The van der Waals surface area contributed by atoms with E-state index >= 15 is 0 Å². The van der Waals surface area contributed by atoms with Crippen molar-refractivity contribution in [2.45, 2.75) is 0 Å². The fraction of sp³-hybridized carbons (Fsp3) is 0.0556. The number of ether oxygens (including phenoxy) is 1. The molecule has 1 heterocycles. The van der Waals surface area contributed by atoms with Crippen molar-refractivity contribution in [2.75, 3.05) is 6.61 Å². The topological polar surface area (TPSA) is 102 Å². The summed E-state index contributed by atoms with van der Waals surface area (Å²) in [6.45, 7) is -0.462. The smallest absolute Gasteiger partial charge is 0.285 e. The first-order valence-electron chi connectivity index (χ1n) is 8.25. The molecule has 2 aromatic rings. The third kappa shape index (κ3) is 5.66. The summed E-state index contributed by atoms with van der Waals surface area (Å²) in [5, 5.41) is 12.3. The van der Waals surface area contributed by atoms with Gasteiger partial charge in [0.05, 0.1) is 24.9 Å². The van der Waals surface area contributed by atoms with Crippen LogP contribution < -0.4 is 10.2 Å². The van der Waals surface area contributed by atoms with Crippen molar-refractivity contribution < 1.29 is 19.2 Å². The highest BCUT2D eigenvalue weighted by atomic mass is 35.5. The van der Waals surface area contributed by atoms with E-state index in [1.165, 1.54) is 42.5 Å². The van der Waals surface area contributed by atoms with Crippen LogP contribution in [0, 0.1) is 10.1 Å². The van der Waals surface area contributed by atoms with Crippen LogP contribution in [0.2, 0.25) is 15.1 Å². The van der Waals surface area contributed by atoms with Crippen molar-refractivity contribution in [1.82, 2.24) is 10.4 Å². The molecule has 0 unspecified atom stereocenters. The maximum Gasteiger partial charge on any atom is 0.285 e. The molecule has 13 heteroatoms. The van der Waals surface area contributed by atoms with Crippen molar-refractivity contribution >= 4 is 86.7 Å². The first-order valence-corrected chi connectivity index (χ1v) is 10.6. The summed E-state index contributed by atoms with van der Waals surface area (Å²) in [4.78, 5) is 35.2. The molecule has 8 nitrogen and oxygen atoms in total. The van der Waals surface area contributed by atoms with Gasteiger partial charge in [-0.2, -0.15) is 5.01 Å². The zero-order valence-electron chi connectivity index (χ0n) is 15.1. The second-order valence-corrected chi connectivity index (χ2v) is 8.78.